The molecule has 2 atom stereocenters. The molecule has 0 radical (unpaired) electrons. The van der Waals surface area contributed by atoms with Crippen molar-refractivity contribution in [1.82, 2.24) is 9.47 Å². The average Bonchev–Trinajstić information content (AvgIpc) is 3.66. The second-order valence-corrected chi connectivity index (χ2v) is 10.8. The number of anilines is 1. The molecule has 2 aromatic carbocycles. The highest BCUT2D eigenvalue weighted by Gasteiger charge is 2.40. The Labute approximate surface area is 220 Å². The van der Waals surface area contributed by atoms with Crippen molar-refractivity contribution in [2.45, 2.75) is 37.8 Å². The second-order valence-electron chi connectivity index (χ2n) is 10.8. The molecule has 6 rings (SSSR count). The quantitative estimate of drug-likeness (QED) is 0.337. The number of carbonyl (C=O) groups excluding carboxylic acids is 1. The molecule has 3 fully saturated rings. The van der Waals surface area contributed by atoms with Gasteiger partial charge in [-0.25, -0.2) is 8.78 Å². The zero-order chi connectivity index (χ0) is 26.6. The van der Waals surface area contributed by atoms with Crippen molar-refractivity contribution in [1.29, 1.82) is 0 Å². The van der Waals surface area contributed by atoms with Gasteiger partial charge in [0.1, 0.15) is 11.5 Å². The number of halogens is 2. The third-order valence-corrected chi connectivity index (χ3v) is 8.28. The number of ketones is 1. The van der Waals surface area contributed by atoms with Crippen LogP contribution in [-0.2, 0) is 0 Å². The Hall–Kier alpha value is -3.52. The van der Waals surface area contributed by atoms with E-state index in [0.29, 0.717) is 41.0 Å². The molecule has 2 aliphatic heterocycles. The van der Waals surface area contributed by atoms with E-state index >= 15 is 4.39 Å². The fourth-order valence-electron chi connectivity index (χ4n) is 6.17. The molecule has 1 saturated carbocycles. The van der Waals surface area contributed by atoms with Crippen molar-refractivity contribution < 1.29 is 18.3 Å². The van der Waals surface area contributed by atoms with Gasteiger partial charge in [0.15, 0.2) is 17.3 Å². The Kier molecular flexibility index (Phi) is 6.30. The smallest absolute Gasteiger partial charge is 0.200 e. The van der Waals surface area contributed by atoms with E-state index in [0.717, 1.165) is 38.8 Å². The van der Waals surface area contributed by atoms with Crippen LogP contribution in [0.2, 0.25) is 0 Å². The summed E-state index contributed by atoms with van der Waals surface area (Å²) in [4.78, 5) is 31.1. The maximum atomic E-state index is 15.8. The first-order chi connectivity index (χ1) is 18.4. The molecule has 3 heterocycles. The van der Waals surface area contributed by atoms with Crippen LogP contribution in [0.4, 0.5) is 14.5 Å². The lowest BCUT2D eigenvalue weighted by atomic mass is 9.93. The second kappa shape index (κ2) is 9.66. The van der Waals surface area contributed by atoms with Gasteiger partial charge < -0.3 is 19.1 Å². The molecule has 0 N–H and O–H groups in total. The van der Waals surface area contributed by atoms with E-state index in [2.05, 4.69) is 16.8 Å². The number of fused-ring (bicyclic) bond motifs is 2. The molecule has 0 bridgehead atoms. The normalized spacial score (nSPS) is 21.8. The first kappa shape index (κ1) is 24.8. The zero-order valence-corrected chi connectivity index (χ0v) is 21.6. The van der Waals surface area contributed by atoms with E-state index in [1.807, 2.05) is 4.57 Å². The molecule has 1 aliphatic carbocycles. The Bertz CT molecular complexity index is 1490. The zero-order valence-electron chi connectivity index (χ0n) is 21.6. The van der Waals surface area contributed by atoms with E-state index in [4.69, 9.17) is 4.74 Å². The van der Waals surface area contributed by atoms with Gasteiger partial charge in [0, 0.05) is 31.4 Å². The summed E-state index contributed by atoms with van der Waals surface area (Å²) in [6, 6.07) is 7.47. The van der Waals surface area contributed by atoms with Crippen molar-refractivity contribution in [2.75, 3.05) is 38.7 Å². The summed E-state index contributed by atoms with van der Waals surface area (Å²) in [5, 5.41) is 0.143. The molecule has 2 saturated heterocycles. The van der Waals surface area contributed by atoms with Crippen LogP contribution in [0.1, 0.15) is 47.6 Å². The largest absolute Gasteiger partial charge is 0.492 e. The Morgan fingerprint density at radius 3 is 2.55 bits per heavy atom. The molecular weight excluding hydrogens is 488 g/mol. The number of ether oxygens (including phenoxy) is 1. The molecule has 1 aromatic heterocycles. The fourth-order valence-corrected chi connectivity index (χ4v) is 6.17. The topological polar surface area (TPSA) is 54.8 Å². The number of likely N-dealkylation sites (tertiary alicyclic amines) is 1. The standard InChI is InChI=1S/C30H31F2N3O3/c1-33-13-3-4-19-15-34(17-25(19)33)28-24(32)14-22-27(30(28)38-2)35(21-10-11-21)16-23(29(22)37)26(36)12-7-18-5-8-20(31)9-6-18/h5-9,12,14,16,19,21,25H,3-4,10-11,13,15,17H2,1-2H3/b12-7+. The number of hydrogen-bond donors (Lipinski definition) is 0. The third-order valence-electron chi connectivity index (χ3n) is 8.28. The molecule has 2 unspecified atom stereocenters. The molecule has 3 aromatic rings. The molecular formula is C30H31F2N3O3. The predicted octanol–water partition coefficient (Wildman–Crippen LogP) is 5.05. The third kappa shape index (κ3) is 4.30. The van der Waals surface area contributed by atoms with E-state index in [1.165, 1.54) is 31.4 Å². The summed E-state index contributed by atoms with van der Waals surface area (Å²) in [5.41, 5.74) is 1.03. The number of carbonyl (C=O) groups is 1. The average molecular weight is 520 g/mol. The SMILES string of the molecule is COc1c(N2CC3CCCN(C)C3C2)c(F)cc2c(=O)c(C(=O)/C=C/c3ccc(F)cc3)cn(C3CC3)c12. The van der Waals surface area contributed by atoms with Crippen LogP contribution in [0.3, 0.4) is 0 Å². The van der Waals surface area contributed by atoms with Gasteiger partial charge in [-0.3, -0.25) is 9.59 Å². The lowest BCUT2D eigenvalue weighted by Gasteiger charge is -2.33. The van der Waals surface area contributed by atoms with Gasteiger partial charge >= 0.3 is 0 Å². The van der Waals surface area contributed by atoms with Gasteiger partial charge in [-0.1, -0.05) is 18.2 Å². The number of rotatable bonds is 6. The lowest BCUT2D eigenvalue weighted by Crippen LogP contribution is -2.42. The Balaban J connectivity index is 1.44. The maximum absolute atomic E-state index is 15.8. The van der Waals surface area contributed by atoms with E-state index < -0.39 is 17.0 Å². The van der Waals surface area contributed by atoms with Crippen LogP contribution < -0.4 is 15.1 Å². The number of aromatic nitrogens is 1. The van der Waals surface area contributed by atoms with Crippen LogP contribution >= 0.6 is 0 Å². The first-order valence-electron chi connectivity index (χ1n) is 13.2. The fraction of sp³-hybridized carbons (Fsp3) is 0.400. The van der Waals surface area contributed by atoms with E-state index in [-0.39, 0.29) is 22.8 Å². The number of likely N-dealkylation sites (N-methyl/N-ethyl adjacent to an activating group) is 1. The highest BCUT2D eigenvalue weighted by molar-refractivity contribution is 6.08. The van der Waals surface area contributed by atoms with Crippen LogP contribution in [0, 0.1) is 17.6 Å². The summed E-state index contributed by atoms with van der Waals surface area (Å²) in [7, 11) is 3.64. The van der Waals surface area contributed by atoms with E-state index in [9.17, 15) is 14.0 Å². The summed E-state index contributed by atoms with van der Waals surface area (Å²) >= 11 is 0. The van der Waals surface area contributed by atoms with Gasteiger partial charge in [-0.05, 0) is 75.0 Å². The number of benzene rings is 2. The molecule has 3 aliphatic rings. The highest BCUT2D eigenvalue weighted by atomic mass is 19.1. The maximum Gasteiger partial charge on any atom is 0.200 e. The van der Waals surface area contributed by atoms with Crippen molar-refractivity contribution in [3.63, 3.8) is 0 Å². The molecule has 8 heteroatoms. The van der Waals surface area contributed by atoms with Crippen molar-refractivity contribution in [3.8, 4) is 5.75 Å². The van der Waals surface area contributed by atoms with Gasteiger partial charge in [-0.2, -0.15) is 0 Å². The first-order valence-corrected chi connectivity index (χ1v) is 13.2. The van der Waals surface area contributed by atoms with Gasteiger partial charge in [0.05, 0.1) is 23.6 Å². The number of pyridine rings is 1. The predicted molar refractivity (Wildman–Crippen MR) is 144 cm³/mol. The molecule has 38 heavy (non-hydrogen) atoms. The number of piperidine rings is 1. The summed E-state index contributed by atoms with van der Waals surface area (Å²) in [6.07, 6.45) is 8.51. The summed E-state index contributed by atoms with van der Waals surface area (Å²) < 4.78 is 36.8. The molecule has 6 nitrogen and oxygen atoms in total. The molecule has 198 valence electrons. The van der Waals surface area contributed by atoms with Crippen LogP contribution in [0.25, 0.3) is 17.0 Å². The molecule has 0 amide bonds. The monoisotopic (exact) mass is 519 g/mol. The van der Waals surface area contributed by atoms with Gasteiger partial charge in [0.25, 0.3) is 0 Å². The Morgan fingerprint density at radius 2 is 1.87 bits per heavy atom. The highest BCUT2D eigenvalue weighted by Crippen LogP contribution is 2.45. The van der Waals surface area contributed by atoms with Crippen molar-refractivity contribution in [3.05, 3.63) is 75.6 Å². The van der Waals surface area contributed by atoms with Crippen LogP contribution in [0.15, 0.2) is 47.4 Å². The molecule has 0 spiro atoms. The van der Waals surface area contributed by atoms with Crippen LogP contribution in [0.5, 0.6) is 5.75 Å². The summed E-state index contributed by atoms with van der Waals surface area (Å²) in [6.45, 7) is 2.49. The van der Waals surface area contributed by atoms with Gasteiger partial charge in [-0.15, -0.1) is 0 Å². The number of allylic oxidation sites excluding steroid dienone is 1. The number of hydrogen-bond acceptors (Lipinski definition) is 5. The minimum Gasteiger partial charge on any atom is -0.492 e. The minimum absolute atomic E-state index is 0.0224. The van der Waals surface area contributed by atoms with Crippen molar-refractivity contribution >= 4 is 28.4 Å². The minimum atomic E-state index is -0.524. The van der Waals surface area contributed by atoms with Crippen LogP contribution in [-0.4, -0.2) is 55.1 Å². The van der Waals surface area contributed by atoms with Crippen molar-refractivity contribution in [2.24, 2.45) is 5.92 Å². The number of methoxy groups -OCH3 is 1. The number of nitrogens with zero attached hydrogens (tertiary/aromatic N) is 3. The van der Waals surface area contributed by atoms with E-state index in [1.54, 1.807) is 24.4 Å². The lowest BCUT2D eigenvalue weighted by molar-refractivity contribution is 0.104. The van der Waals surface area contributed by atoms with Gasteiger partial charge in [0.2, 0.25) is 5.43 Å². The summed E-state index contributed by atoms with van der Waals surface area (Å²) in [5.74, 6) is -0.545. The Morgan fingerprint density at radius 1 is 1.11 bits per heavy atom.